The van der Waals surface area contributed by atoms with Gasteiger partial charge in [0.2, 0.25) is 0 Å². The number of aryl methyl sites for hydroxylation is 1. The van der Waals surface area contributed by atoms with Crippen molar-refractivity contribution in [3.63, 3.8) is 0 Å². The van der Waals surface area contributed by atoms with Gasteiger partial charge in [0.25, 0.3) is 0 Å². The van der Waals surface area contributed by atoms with Gasteiger partial charge in [0, 0.05) is 12.2 Å². The van der Waals surface area contributed by atoms with E-state index in [0.29, 0.717) is 6.61 Å². The van der Waals surface area contributed by atoms with Crippen LogP contribution in [-0.4, -0.2) is 20.3 Å². The Morgan fingerprint density at radius 1 is 0.895 bits per heavy atom. The summed E-state index contributed by atoms with van der Waals surface area (Å²) in [5, 5.41) is 3.30. The summed E-state index contributed by atoms with van der Waals surface area (Å²) >= 11 is 0. The summed E-state index contributed by atoms with van der Waals surface area (Å²) in [6, 6.07) is 15.9. The SMILES string of the molecule is COc1ccc(NCCOc2ccc(C)cc2)cc1. The van der Waals surface area contributed by atoms with Gasteiger partial charge in [0.05, 0.1) is 7.11 Å². The summed E-state index contributed by atoms with van der Waals surface area (Å²) in [4.78, 5) is 0. The first-order chi connectivity index (χ1) is 9.28. The van der Waals surface area contributed by atoms with Gasteiger partial charge in [-0.2, -0.15) is 0 Å². The molecule has 0 atom stereocenters. The van der Waals surface area contributed by atoms with E-state index in [1.807, 2.05) is 48.5 Å². The minimum absolute atomic E-state index is 0.634. The molecule has 3 nitrogen and oxygen atoms in total. The molecule has 0 spiro atoms. The first kappa shape index (κ1) is 13.3. The highest BCUT2D eigenvalue weighted by Crippen LogP contribution is 2.15. The molecule has 0 heterocycles. The van der Waals surface area contributed by atoms with E-state index in [0.717, 1.165) is 23.7 Å². The lowest BCUT2D eigenvalue weighted by atomic mass is 10.2. The van der Waals surface area contributed by atoms with Crippen LogP contribution in [-0.2, 0) is 0 Å². The minimum Gasteiger partial charge on any atom is -0.497 e. The highest BCUT2D eigenvalue weighted by Gasteiger charge is 1.95. The zero-order valence-electron chi connectivity index (χ0n) is 11.3. The van der Waals surface area contributed by atoms with Crippen LogP contribution < -0.4 is 14.8 Å². The number of nitrogens with one attached hydrogen (secondary N) is 1. The largest absolute Gasteiger partial charge is 0.497 e. The molecule has 0 fully saturated rings. The third kappa shape index (κ3) is 4.21. The van der Waals surface area contributed by atoms with Crippen LogP contribution in [0.5, 0.6) is 11.5 Å². The van der Waals surface area contributed by atoms with Crippen molar-refractivity contribution < 1.29 is 9.47 Å². The molecule has 0 bridgehead atoms. The fraction of sp³-hybridized carbons (Fsp3) is 0.250. The molecule has 100 valence electrons. The zero-order valence-corrected chi connectivity index (χ0v) is 11.3. The van der Waals surface area contributed by atoms with Crippen LogP contribution in [0, 0.1) is 6.92 Å². The van der Waals surface area contributed by atoms with E-state index in [-0.39, 0.29) is 0 Å². The summed E-state index contributed by atoms with van der Waals surface area (Å²) in [6.07, 6.45) is 0. The van der Waals surface area contributed by atoms with Crippen LogP contribution in [0.25, 0.3) is 0 Å². The second-order valence-electron chi connectivity index (χ2n) is 4.32. The van der Waals surface area contributed by atoms with Crippen molar-refractivity contribution in [2.24, 2.45) is 0 Å². The predicted octanol–water partition coefficient (Wildman–Crippen LogP) is 3.49. The first-order valence-corrected chi connectivity index (χ1v) is 6.35. The molecule has 2 aromatic carbocycles. The summed E-state index contributed by atoms with van der Waals surface area (Å²) in [6.45, 7) is 3.46. The van der Waals surface area contributed by atoms with Gasteiger partial charge in [-0.3, -0.25) is 0 Å². The Balaban J connectivity index is 1.72. The molecule has 0 unspecified atom stereocenters. The fourth-order valence-corrected chi connectivity index (χ4v) is 1.71. The molecule has 0 saturated carbocycles. The van der Waals surface area contributed by atoms with Crippen molar-refractivity contribution in [1.29, 1.82) is 0 Å². The summed E-state index contributed by atoms with van der Waals surface area (Å²) in [5.74, 6) is 1.77. The van der Waals surface area contributed by atoms with E-state index >= 15 is 0 Å². The number of methoxy groups -OCH3 is 1. The Labute approximate surface area is 114 Å². The molecular weight excluding hydrogens is 238 g/mol. The zero-order chi connectivity index (χ0) is 13.5. The van der Waals surface area contributed by atoms with Crippen molar-refractivity contribution in [2.45, 2.75) is 6.92 Å². The molecule has 0 aliphatic carbocycles. The molecule has 0 aromatic heterocycles. The Morgan fingerprint density at radius 3 is 2.16 bits per heavy atom. The standard InChI is InChI=1S/C16H19NO2/c1-13-3-7-16(8-4-13)19-12-11-17-14-5-9-15(18-2)10-6-14/h3-10,17H,11-12H2,1-2H3. The second-order valence-corrected chi connectivity index (χ2v) is 4.32. The van der Waals surface area contributed by atoms with Crippen LogP contribution in [0.15, 0.2) is 48.5 Å². The van der Waals surface area contributed by atoms with Crippen molar-refractivity contribution >= 4 is 5.69 Å². The predicted molar refractivity (Wildman–Crippen MR) is 78.2 cm³/mol. The van der Waals surface area contributed by atoms with Crippen molar-refractivity contribution in [2.75, 3.05) is 25.6 Å². The molecule has 0 aliphatic rings. The topological polar surface area (TPSA) is 30.5 Å². The van der Waals surface area contributed by atoms with Gasteiger partial charge >= 0.3 is 0 Å². The number of ether oxygens (including phenoxy) is 2. The quantitative estimate of drug-likeness (QED) is 0.803. The summed E-state index contributed by atoms with van der Waals surface area (Å²) < 4.78 is 10.8. The fourth-order valence-electron chi connectivity index (χ4n) is 1.71. The van der Waals surface area contributed by atoms with Gasteiger partial charge in [-0.15, -0.1) is 0 Å². The Bertz CT molecular complexity index is 491. The van der Waals surface area contributed by atoms with Crippen LogP contribution in [0.3, 0.4) is 0 Å². The van der Waals surface area contributed by atoms with Gasteiger partial charge in [0.1, 0.15) is 18.1 Å². The molecule has 0 radical (unpaired) electrons. The molecule has 0 amide bonds. The van der Waals surface area contributed by atoms with Crippen LogP contribution >= 0.6 is 0 Å². The minimum atomic E-state index is 0.634. The molecule has 3 heteroatoms. The maximum atomic E-state index is 5.64. The second kappa shape index (κ2) is 6.69. The Kier molecular flexibility index (Phi) is 4.67. The van der Waals surface area contributed by atoms with Crippen LogP contribution in [0.2, 0.25) is 0 Å². The van der Waals surface area contributed by atoms with Crippen LogP contribution in [0.1, 0.15) is 5.56 Å². The van der Waals surface area contributed by atoms with Gasteiger partial charge in [-0.1, -0.05) is 17.7 Å². The number of anilines is 1. The molecule has 0 aliphatic heterocycles. The summed E-state index contributed by atoms with van der Waals surface area (Å²) in [7, 11) is 1.66. The molecule has 0 saturated heterocycles. The highest BCUT2D eigenvalue weighted by molar-refractivity contribution is 5.46. The smallest absolute Gasteiger partial charge is 0.119 e. The van der Waals surface area contributed by atoms with Gasteiger partial charge < -0.3 is 14.8 Å². The average Bonchev–Trinajstić information content (AvgIpc) is 2.46. The van der Waals surface area contributed by atoms with Crippen molar-refractivity contribution in [1.82, 2.24) is 0 Å². The van der Waals surface area contributed by atoms with Gasteiger partial charge in [-0.25, -0.2) is 0 Å². The Hall–Kier alpha value is -2.16. The van der Waals surface area contributed by atoms with Gasteiger partial charge in [0.15, 0.2) is 0 Å². The van der Waals surface area contributed by atoms with Crippen LogP contribution in [0.4, 0.5) is 5.69 Å². The number of hydrogen-bond donors (Lipinski definition) is 1. The molecule has 1 N–H and O–H groups in total. The lowest BCUT2D eigenvalue weighted by Gasteiger charge is -2.09. The van der Waals surface area contributed by atoms with E-state index < -0.39 is 0 Å². The van der Waals surface area contributed by atoms with E-state index in [1.165, 1.54) is 5.56 Å². The van der Waals surface area contributed by atoms with E-state index in [2.05, 4.69) is 12.2 Å². The van der Waals surface area contributed by atoms with Crippen molar-refractivity contribution in [3.8, 4) is 11.5 Å². The molecule has 2 aromatic rings. The third-order valence-electron chi connectivity index (χ3n) is 2.81. The first-order valence-electron chi connectivity index (χ1n) is 6.35. The average molecular weight is 257 g/mol. The molecule has 19 heavy (non-hydrogen) atoms. The normalized spacial score (nSPS) is 10.0. The van der Waals surface area contributed by atoms with E-state index in [1.54, 1.807) is 7.11 Å². The maximum absolute atomic E-state index is 5.64. The number of benzene rings is 2. The number of hydrogen-bond acceptors (Lipinski definition) is 3. The molecular formula is C16H19NO2. The lowest BCUT2D eigenvalue weighted by molar-refractivity contribution is 0.333. The highest BCUT2D eigenvalue weighted by atomic mass is 16.5. The molecule has 2 rings (SSSR count). The lowest BCUT2D eigenvalue weighted by Crippen LogP contribution is -2.11. The van der Waals surface area contributed by atoms with E-state index in [4.69, 9.17) is 9.47 Å². The monoisotopic (exact) mass is 257 g/mol. The maximum Gasteiger partial charge on any atom is 0.119 e. The van der Waals surface area contributed by atoms with E-state index in [9.17, 15) is 0 Å². The number of rotatable bonds is 6. The third-order valence-corrected chi connectivity index (χ3v) is 2.81. The summed E-state index contributed by atoms with van der Waals surface area (Å²) in [5.41, 5.74) is 2.30. The van der Waals surface area contributed by atoms with Crippen molar-refractivity contribution in [3.05, 3.63) is 54.1 Å². The Morgan fingerprint density at radius 2 is 1.53 bits per heavy atom. The van der Waals surface area contributed by atoms with Gasteiger partial charge in [-0.05, 0) is 43.3 Å².